The van der Waals surface area contributed by atoms with Gasteiger partial charge in [-0.1, -0.05) is 42.5 Å². The highest BCUT2D eigenvalue weighted by molar-refractivity contribution is 5.86. The van der Waals surface area contributed by atoms with E-state index < -0.39 is 5.97 Å². The average molecular weight is 362 g/mol. The van der Waals surface area contributed by atoms with Gasteiger partial charge < -0.3 is 9.47 Å². The lowest BCUT2D eigenvalue weighted by atomic mass is 10.2. The molecular formula is C22H22N2O3. The molecule has 1 heterocycles. The summed E-state index contributed by atoms with van der Waals surface area (Å²) >= 11 is 0. The number of ether oxygens (including phenoxy) is 2. The van der Waals surface area contributed by atoms with E-state index in [4.69, 9.17) is 9.47 Å². The van der Waals surface area contributed by atoms with Crippen LogP contribution in [0.25, 0.3) is 6.08 Å². The molecule has 0 fully saturated rings. The minimum absolute atomic E-state index is 0.199. The van der Waals surface area contributed by atoms with Crippen molar-refractivity contribution in [3.63, 3.8) is 0 Å². The maximum atomic E-state index is 11.8. The molecule has 0 saturated carbocycles. The third kappa shape index (κ3) is 6.15. The van der Waals surface area contributed by atoms with E-state index in [2.05, 4.69) is 5.10 Å². The molecule has 3 rings (SSSR count). The Kier molecular flexibility index (Phi) is 6.41. The first kappa shape index (κ1) is 18.5. The predicted octanol–water partition coefficient (Wildman–Crippen LogP) is 3.88. The van der Waals surface area contributed by atoms with Crippen LogP contribution in [0.4, 0.5) is 0 Å². The summed E-state index contributed by atoms with van der Waals surface area (Å²) in [7, 11) is 0. The molecule has 0 aliphatic carbocycles. The average Bonchev–Trinajstić information content (AvgIpc) is 3.12. The molecule has 3 aromatic rings. The summed E-state index contributed by atoms with van der Waals surface area (Å²) in [5.41, 5.74) is 3.14. The molecule has 0 saturated heterocycles. The lowest BCUT2D eigenvalue weighted by Gasteiger charge is -2.06. The van der Waals surface area contributed by atoms with Crippen molar-refractivity contribution in [2.24, 2.45) is 0 Å². The third-order valence-corrected chi connectivity index (χ3v) is 3.84. The summed E-state index contributed by atoms with van der Waals surface area (Å²) in [6.45, 7) is 3.21. The maximum Gasteiger partial charge on any atom is 0.330 e. The van der Waals surface area contributed by atoms with Crippen LogP contribution >= 0.6 is 0 Å². The van der Waals surface area contributed by atoms with Gasteiger partial charge in [-0.3, -0.25) is 4.68 Å². The number of carbonyl (C=O) groups is 1. The van der Waals surface area contributed by atoms with Gasteiger partial charge in [-0.25, -0.2) is 4.79 Å². The molecule has 27 heavy (non-hydrogen) atoms. The van der Waals surface area contributed by atoms with Gasteiger partial charge in [0.05, 0.1) is 12.7 Å². The highest BCUT2D eigenvalue weighted by Crippen LogP contribution is 2.12. The molecule has 0 radical (unpaired) electrons. The fourth-order valence-corrected chi connectivity index (χ4v) is 2.54. The number of nitrogens with zero attached hydrogens (tertiary/aromatic N) is 2. The monoisotopic (exact) mass is 362 g/mol. The summed E-state index contributed by atoms with van der Waals surface area (Å²) in [5.74, 6) is 0.367. The first-order valence-corrected chi connectivity index (χ1v) is 8.80. The lowest BCUT2D eigenvalue weighted by Crippen LogP contribution is -2.10. The number of aryl methyl sites for hydroxylation is 1. The van der Waals surface area contributed by atoms with E-state index in [0.717, 1.165) is 16.9 Å². The van der Waals surface area contributed by atoms with Crippen molar-refractivity contribution < 1.29 is 14.3 Å². The fraction of sp³-hybridized carbons (Fsp3) is 0.182. The van der Waals surface area contributed by atoms with Crippen LogP contribution in [0, 0.1) is 6.92 Å². The maximum absolute atomic E-state index is 11.8. The van der Waals surface area contributed by atoms with Gasteiger partial charge in [0.1, 0.15) is 19.0 Å². The molecule has 0 N–H and O–H groups in total. The van der Waals surface area contributed by atoms with Gasteiger partial charge in [-0.05, 0) is 36.3 Å². The van der Waals surface area contributed by atoms with Gasteiger partial charge in [0.15, 0.2) is 0 Å². The zero-order chi connectivity index (χ0) is 18.9. The Bertz CT molecular complexity index is 901. The van der Waals surface area contributed by atoms with Crippen molar-refractivity contribution in [1.82, 2.24) is 9.78 Å². The van der Waals surface area contributed by atoms with Gasteiger partial charge in [0.2, 0.25) is 0 Å². The summed E-state index contributed by atoms with van der Waals surface area (Å²) in [6, 6.07) is 17.8. The van der Waals surface area contributed by atoms with Crippen LogP contribution in [-0.4, -0.2) is 29.0 Å². The van der Waals surface area contributed by atoms with Crippen LogP contribution in [0.2, 0.25) is 0 Å². The summed E-state index contributed by atoms with van der Waals surface area (Å²) in [5, 5.41) is 4.30. The Hall–Kier alpha value is -3.34. The first-order valence-electron chi connectivity index (χ1n) is 8.80. The molecular weight excluding hydrogens is 340 g/mol. The summed E-state index contributed by atoms with van der Waals surface area (Å²) in [6.07, 6.45) is 6.69. The zero-order valence-corrected chi connectivity index (χ0v) is 15.2. The molecule has 138 valence electrons. The van der Waals surface area contributed by atoms with Crippen LogP contribution in [0.3, 0.4) is 0 Å². The van der Waals surface area contributed by atoms with E-state index in [1.807, 2.05) is 72.4 Å². The number of hydrogen-bond donors (Lipinski definition) is 0. The van der Waals surface area contributed by atoms with Crippen LogP contribution in [0.1, 0.15) is 16.7 Å². The third-order valence-electron chi connectivity index (χ3n) is 3.84. The number of esters is 1. The fourth-order valence-electron chi connectivity index (χ4n) is 2.54. The van der Waals surface area contributed by atoms with Crippen molar-refractivity contribution in [2.75, 3.05) is 13.2 Å². The molecule has 1 aromatic heterocycles. The van der Waals surface area contributed by atoms with Crippen molar-refractivity contribution in [3.8, 4) is 5.75 Å². The Morgan fingerprint density at radius 2 is 1.96 bits per heavy atom. The number of hydrogen-bond acceptors (Lipinski definition) is 4. The highest BCUT2D eigenvalue weighted by Gasteiger charge is 2.01. The predicted molar refractivity (Wildman–Crippen MR) is 104 cm³/mol. The van der Waals surface area contributed by atoms with E-state index >= 15 is 0 Å². The van der Waals surface area contributed by atoms with Gasteiger partial charge in [0, 0.05) is 17.8 Å². The van der Waals surface area contributed by atoms with Crippen molar-refractivity contribution in [3.05, 3.63) is 89.8 Å². The summed E-state index contributed by atoms with van der Waals surface area (Å²) < 4.78 is 12.5. The second-order valence-electron chi connectivity index (χ2n) is 6.12. The van der Waals surface area contributed by atoms with Gasteiger partial charge in [0.25, 0.3) is 0 Å². The van der Waals surface area contributed by atoms with E-state index in [1.54, 1.807) is 12.3 Å². The quantitative estimate of drug-likeness (QED) is 0.347. The standard InChI is InChI=1S/C22H22N2O3/c1-18-6-5-9-21(14-18)26-12-13-27-22(25)11-10-20-15-23-24(17-20)16-19-7-3-2-4-8-19/h2-11,14-15,17H,12-13,16H2,1H3/b11-10+. The lowest BCUT2D eigenvalue weighted by molar-refractivity contribution is -0.138. The largest absolute Gasteiger partial charge is 0.490 e. The highest BCUT2D eigenvalue weighted by atomic mass is 16.6. The van der Waals surface area contributed by atoms with Crippen LogP contribution in [-0.2, 0) is 16.1 Å². The van der Waals surface area contributed by atoms with E-state index in [1.165, 1.54) is 11.6 Å². The molecule has 0 amide bonds. The number of benzene rings is 2. The Balaban J connectivity index is 1.40. The number of rotatable bonds is 8. The molecule has 5 heteroatoms. The SMILES string of the molecule is Cc1cccc(OCCOC(=O)/C=C/c2cnn(Cc3ccccc3)c2)c1. The normalized spacial score (nSPS) is 10.9. The van der Waals surface area contributed by atoms with Crippen molar-refractivity contribution in [2.45, 2.75) is 13.5 Å². The smallest absolute Gasteiger partial charge is 0.330 e. The molecule has 0 aliphatic rings. The van der Waals surface area contributed by atoms with Crippen LogP contribution in [0.5, 0.6) is 5.75 Å². The van der Waals surface area contributed by atoms with Gasteiger partial charge in [-0.2, -0.15) is 5.10 Å². The molecule has 0 unspecified atom stereocenters. The molecule has 2 aromatic carbocycles. The minimum atomic E-state index is -0.404. The van der Waals surface area contributed by atoms with Crippen molar-refractivity contribution >= 4 is 12.0 Å². The first-order chi connectivity index (χ1) is 13.2. The number of aromatic nitrogens is 2. The molecule has 0 spiro atoms. The Morgan fingerprint density at radius 1 is 1.11 bits per heavy atom. The van der Waals surface area contributed by atoms with E-state index in [9.17, 15) is 4.79 Å². The Labute approximate surface area is 158 Å². The Morgan fingerprint density at radius 3 is 2.78 bits per heavy atom. The molecule has 5 nitrogen and oxygen atoms in total. The van der Waals surface area contributed by atoms with Crippen LogP contribution < -0.4 is 4.74 Å². The van der Waals surface area contributed by atoms with Gasteiger partial charge >= 0.3 is 5.97 Å². The summed E-state index contributed by atoms with van der Waals surface area (Å²) in [4.78, 5) is 11.8. The molecule has 0 aliphatic heterocycles. The van der Waals surface area contributed by atoms with Gasteiger partial charge in [-0.15, -0.1) is 0 Å². The molecule has 0 bridgehead atoms. The second-order valence-corrected chi connectivity index (χ2v) is 6.12. The van der Waals surface area contributed by atoms with E-state index in [0.29, 0.717) is 13.2 Å². The van der Waals surface area contributed by atoms with Crippen molar-refractivity contribution in [1.29, 1.82) is 0 Å². The van der Waals surface area contributed by atoms with E-state index in [-0.39, 0.29) is 6.61 Å². The van der Waals surface area contributed by atoms with Crippen LogP contribution in [0.15, 0.2) is 73.1 Å². The topological polar surface area (TPSA) is 53.4 Å². The number of carbonyl (C=O) groups excluding carboxylic acids is 1. The zero-order valence-electron chi connectivity index (χ0n) is 15.2. The minimum Gasteiger partial charge on any atom is -0.490 e. The molecule has 0 atom stereocenters. The second kappa shape index (κ2) is 9.38.